The highest BCUT2D eigenvalue weighted by Crippen LogP contribution is 2.14. The molecule has 0 fully saturated rings. The van der Waals surface area contributed by atoms with Crippen LogP contribution in [-0.4, -0.2) is 5.97 Å². The standard InChI is InChI=1S/C8H10O3/c1-3-7(9)11-8-5-4-6(2)10-8/h4-5H,3H2,1-2H3. The Kier molecular flexibility index (Phi) is 2.31. The van der Waals surface area contributed by atoms with Gasteiger partial charge in [-0.05, 0) is 13.0 Å². The van der Waals surface area contributed by atoms with E-state index >= 15 is 0 Å². The summed E-state index contributed by atoms with van der Waals surface area (Å²) in [7, 11) is 0. The molecule has 1 aromatic heterocycles. The zero-order valence-electron chi connectivity index (χ0n) is 6.59. The summed E-state index contributed by atoms with van der Waals surface area (Å²) in [5, 5.41) is 0. The van der Waals surface area contributed by atoms with Gasteiger partial charge in [-0.1, -0.05) is 6.92 Å². The molecule has 0 N–H and O–H groups in total. The molecule has 0 saturated carbocycles. The van der Waals surface area contributed by atoms with Crippen LogP contribution in [0.1, 0.15) is 19.1 Å². The average molecular weight is 154 g/mol. The average Bonchev–Trinajstić information content (AvgIpc) is 2.35. The number of ether oxygens (including phenoxy) is 1. The largest absolute Gasteiger partial charge is 0.431 e. The van der Waals surface area contributed by atoms with Crippen molar-refractivity contribution in [3.8, 4) is 5.95 Å². The monoisotopic (exact) mass is 154 g/mol. The van der Waals surface area contributed by atoms with Crippen molar-refractivity contribution in [3.05, 3.63) is 17.9 Å². The quantitative estimate of drug-likeness (QED) is 0.611. The fourth-order valence-electron chi connectivity index (χ4n) is 0.651. The molecule has 1 heterocycles. The Hall–Kier alpha value is -1.25. The van der Waals surface area contributed by atoms with Gasteiger partial charge in [0.05, 0.1) is 0 Å². The molecule has 0 aliphatic rings. The molecule has 3 nitrogen and oxygen atoms in total. The second kappa shape index (κ2) is 3.23. The summed E-state index contributed by atoms with van der Waals surface area (Å²) in [6.45, 7) is 3.53. The van der Waals surface area contributed by atoms with E-state index in [1.165, 1.54) is 0 Å². The van der Waals surface area contributed by atoms with E-state index in [1.807, 2.05) is 0 Å². The lowest BCUT2D eigenvalue weighted by Gasteiger charge is -1.95. The second-order valence-electron chi connectivity index (χ2n) is 2.19. The first-order valence-electron chi connectivity index (χ1n) is 3.49. The van der Waals surface area contributed by atoms with E-state index in [0.717, 1.165) is 5.76 Å². The van der Waals surface area contributed by atoms with Crippen molar-refractivity contribution in [2.24, 2.45) is 0 Å². The lowest BCUT2D eigenvalue weighted by atomic mass is 10.5. The van der Waals surface area contributed by atoms with Crippen molar-refractivity contribution in [1.29, 1.82) is 0 Å². The highest BCUT2D eigenvalue weighted by atomic mass is 16.6. The zero-order valence-corrected chi connectivity index (χ0v) is 6.59. The van der Waals surface area contributed by atoms with Crippen LogP contribution in [0.15, 0.2) is 16.5 Å². The maximum atomic E-state index is 10.7. The van der Waals surface area contributed by atoms with Gasteiger partial charge in [0.15, 0.2) is 0 Å². The van der Waals surface area contributed by atoms with E-state index in [0.29, 0.717) is 6.42 Å². The van der Waals surface area contributed by atoms with Crippen LogP contribution in [-0.2, 0) is 4.79 Å². The number of furan rings is 1. The first-order valence-corrected chi connectivity index (χ1v) is 3.49. The van der Waals surface area contributed by atoms with Crippen molar-refractivity contribution in [1.82, 2.24) is 0 Å². The van der Waals surface area contributed by atoms with Crippen molar-refractivity contribution < 1.29 is 13.9 Å². The third kappa shape index (κ3) is 2.11. The second-order valence-corrected chi connectivity index (χ2v) is 2.19. The fraction of sp³-hybridized carbons (Fsp3) is 0.375. The number of hydrogen-bond donors (Lipinski definition) is 0. The summed E-state index contributed by atoms with van der Waals surface area (Å²) < 4.78 is 9.79. The van der Waals surface area contributed by atoms with E-state index in [1.54, 1.807) is 26.0 Å². The van der Waals surface area contributed by atoms with E-state index < -0.39 is 0 Å². The maximum absolute atomic E-state index is 10.7. The molecule has 0 radical (unpaired) electrons. The molecule has 0 amide bonds. The number of carbonyl (C=O) groups excluding carboxylic acids is 1. The lowest BCUT2D eigenvalue weighted by molar-refractivity contribution is -0.135. The molecule has 1 aromatic rings. The summed E-state index contributed by atoms with van der Waals surface area (Å²) in [6, 6.07) is 3.38. The molecule has 11 heavy (non-hydrogen) atoms. The summed E-state index contributed by atoms with van der Waals surface area (Å²) in [4.78, 5) is 10.7. The molecule has 0 atom stereocenters. The molecule has 1 rings (SSSR count). The third-order valence-corrected chi connectivity index (χ3v) is 1.22. The van der Waals surface area contributed by atoms with Crippen LogP contribution in [0.3, 0.4) is 0 Å². The maximum Gasteiger partial charge on any atom is 0.313 e. The van der Waals surface area contributed by atoms with Gasteiger partial charge in [0.2, 0.25) is 0 Å². The highest BCUT2D eigenvalue weighted by molar-refractivity contribution is 5.71. The number of aryl methyl sites for hydroxylation is 1. The van der Waals surface area contributed by atoms with Gasteiger partial charge in [0.25, 0.3) is 5.95 Å². The molecule has 0 aliphatic heterocycles. The smallest absolute Gasteiger partial charge is 0.313 e. The molecule has 0 unspecified atom stereocenters. The predicted molar refractivity (Wildman–Crippen MR) is 39.4 cm³/mol. The van der Waals surface area contributed by atoms with Gasteiger partial charge in [-0.2, -0.15) is 0 Å². The van der Waals surface area contributed by atoms with Crippen LogP contribution in [0.2, 0.25) is 0 Å². The number of esters is 1. The first kappa shape index (κ1) is 7.85. The number of rotatable bonds is 2. The van der Waals surface area contributed by atoms with Gasteiger partial charge in [-0.15, -0.1) is 0 Å². The molecule has 3 heteroatoms. The lowest BCUT2D eigenvalue weighted by Crippen LogP contribution is -2.04. The minimum absolute atomic E-state index is 0.273. The molecule has 0 aromatic carbocycles. The Morgan fingerprint density at radius 1 is 1.64 bits per heavy atom. The van der Waals surface area contributed by atoms with E-state index in [4.69, 9.17) is 9.15 Å². The summed E-state index contributed by atoms with van der Waals surface area (Å²) in [5.41, 5.74) is 0. The predicted octanol–water partition coefficient (Wildman–Crippen LogP) is 1.90. The zero-order chi connectivity index (χ0) is 8.27. The van der Waals surface area contributed by atoms with Crippen molar-refractivity contribution in [2.45, 2.75) is 20.3 Å². The minimum Gasteiger partial charge on any atom is -0.431 e. The summed E-state index contributed by atoms with van der Waals surface area (Å²) in [6.07, 6.45) is 0.361. The van der Waals surface area contributed by atoms with Crippen LogP contribution in [0.5, 0.6) is 5.95 Å². The van der Waals surface area contributed by atoms with Crippen LogP contribution < -0.4 is 4.74 Å². The van der Waals surface area contributed by atoms with Crippen LogP contribution in [0, 0.1) is 6.92 Å². The topological polar surface area (TPSA) is 39.4 Å². The molecule has 60 valence electrons. The van der Waals surface area contributed by atoms with E-state index in [-0.39, 0.29) is 11.9 Å². The van der Waals surface area contributed by atoms with Crippen LogP contribution in [0.4, 0.5) is 0 Å². The normalized spacial score (nSPS) is 9.64. The van der Waals surface area contributed by atoms with E-state index in [2.05, 4.69) is 0 Å². The molecular formula is C8H10O3. The summed E-state index contributed by atoms with van der Waals surface area (Å²) >= 11 is 0. The highest BCUT2D eigenvalue weighted by Gasteiger charge is 2.03. The minimum atomic E-state index is -0.278. The number of carbonyl (C=O) groups is 1. The van der Waals surface area contributed by atoms with E-state index in [9.17, 15) is 4.79 Å². The van der Waals surface area contributed by atoms with Gasteiger partial charge >= 0.3 is 5.97 Å². The molecule has 0 saturated heterocycles. The van der Waals surface area contributed by atoms with Crippen molar-refractivity contribution >= 4 is 5.97 Å². The van der Waals surface area contributed by atoms with Gasteiger partial charge in [0, 0.05) is 12.5 Å². The van der Waals surface area contributed by atoms with Crippen LogP contribution >= 0.6 is 0 Å². The van der Waals surface area contributed by atoms with Gasteiger partial charge in [-0.25, -0.2) is 0 Å². The fourth-order valence-corrected chi connectivity index (χ4v) is 0.651. The number of hydrogen-bond acceptors (Lipinski definition) is 3. The Labute approximate surface area is 65.0 Å². The molecule has 0 bridgehead atoms. The van der Waals surface area contributed by atoms with Gasteiger partial charge < -0.3 is 9.15 Å². The van der Waals surface area contributed by atoms with Gasteiger partial charge in [-0.3, -0.25) is 4.79 Å². The first-order chi connectivity index (χ1) is 5.22. The van der Waals surface area contributed by atoms with Crippen molar-refractivity contribution in [3.63, 3.8) is 0 Å². The SMILES string of the molecule is CCC(=O)Oc1ccc(C)o1. The molecule has 0 spiro atoms. The third-order valence-electron chi connectivity index (χ3n) is 1.22. The Morgan fingerprint density at radius 2 is 2.36 bits per heavy atom. The Balaban J connectivity index is 2.57. The van der Waals surface area contributed by atoms with Crippen LogP contribution in [0.25, 0.3) is 0 Å². The van der Waals surface area contributed by atoms with Gasteiger partial charge in [0.1, 0.15) is 5.76 Å². The Bertz CT molecular complexity index is 250. The molecule has 0 aliphatic carbocycles. The Morgan fingerprint density at radius 3 is 2.82 bits per heavy atom. The van der Waals surface area contributed by atoms with Crippen molar-refractivity contribution in [2.75, 3.05) is 0 Å². The molecular weight excluding hydrogens is 144 g/mol. The summed E-state index contributed by atoms with van der Waals surface area (Å²) in [5.74, 6) is 0.734.